The van der Waals surface area contributed by atoms with Crippen molar-refractivity contribution in [1.82, 2.24) is 10.2 Å². The van der Waals surface area contributed by atoms with E-state index in [9.17, 15) is 14.9 Å². The number of nitrogens with one attached hydrogen (secondary N) is 1. The molecule has 10 heteroatoms. The molecule has 0 bridgehead atoms. The maximum Gasteiger partial charge on any atom is 0.338 e. The van der Waals surface area contributed by atoms with Gasteiger partial charge in [0.05, 0.1) is 36.0 Å². The Hall–Kier alpha value is -3.21. The van der Waals surface area contributed by atoms with Gasteiger partial charge in [-0.2, -0.15) is 0 Å². The molecule has 1 unspecified atom stereocenters. The average molecular weight is 553 g/mol. The number of piperidine rings is 1. The van der Waals surface area contributed by atoms with Gasteiger partial charge < -0.3 is 19.7 Å². The van der Waals surface area contributed by atoms with Crippen molar-refractivity contribution in [2.75, 3.05) is 45.7 Å². The number of ether oxygens (including phenoxy) is 2. The Bertz CT molecular complexity index is 1180. The number of carbonyl (C=O) groups is 1. The zero-order valence-corrected chi connectivity index (χ0v) is 23.2. The molecule has 2 aliphatic rings. The smallest absolute Gasteiger partial charge is 0.338 e. The third-order valence-corrected chi connectivity index (χ3v) is 7.44. The van der Waals surface area contributed by atoms with Crippen LogP contribution in [0.4, 0.5) is 5.69 Å². The van der Waals surface area contributed by atoms with Gasteiger partial charge in [-0.3, -0.25) is 10.1 Å². The summed E-state index contributed by atoms with van der Waals surface area (Å²) in [7, 11) is 0. The van der Waals surface area contributed by atoms with Crippen LogP contribution in [0.15, 0.2) is 70.9 Å². The highest BCUT2D eigenvalue weighted by Crippen LogP contribution is 2.34. The van der Waals surface area contributed by atoms with Crippen LogP contribution >= 0.6 is 11.8 Å². The number of benzene rings is 2. The molecule has 0 radical (unpaired) electrons. The number of nitrogens with zero attached hydrogens (tertiary/aromatic N) is 3. The van der Waals surface area contributed by atoms with Crippen LogP contribution in [0, 0.1) is 10.1 Å². The Balaban J connectivity index is 1.51. The molecule has 0 spiro atoms. The van der Waals surface area contributed by atoms with Crippen molar-refractivity contribution in [3.05, 3.63) is 87.1 Å². The fourth-order valence-electron chi connectivity index (χ4n) is 4.79. The number of carbonyl (C=O) groups excluding carboxylic acids is 1. The standard InChI is InChI=1S/C29H36N4O5S/c1-39-29-30-25(21-37-19-17-32-15-6-3-7-16-32)26(27(31-29)23-13-8-14-24(20-23)33(35)36)28(34)38-18-9-12-22-10-4-2-5-11-22/h2,4-5,8,10-11,13-14,20,27H,3,6-7,9,12,15-19,21H2,1H3,(H,30,31). The summed E-state index contributed by atoms with van der Waals surface area (Å²) < 4.78 is 11.8. The number of aryl methyl sites for hydroxylation is 1. The minimum atomic E-state index is -0.740. The zero-order valence-electron chi connectivity index (χ0n) is 22.3. The van der Waals surface area contributed by atoms with Crippen LogP contribution in [0.3, 0.4) is 0 Å². The minimum Gasteiger partial charge on any atom is -0.462 e. The maximum atomic E-state index is 13.5. The van der Waals surface area contributed by atoms with Crippen LogP contribution in [-0.2, 0) is 20.7 Å². The van der Waals surface area contributed by atoms with Crippen LogP contribution in [-0.4, -0.2) is 66.7 Å². The van der Waals surface area contributed by atoms with E-state index >= 15 is 0 Å². The number of rotatable bonds is 12. The molecule has 2 aromatic carbocycles. The molecule has 1 N–H and O–H groups in total. The Labute approximate surface area is 233 Å². The molecule has 2 heterocycles. The molecule has 2 aliphatic heterocycles. The summed E-state index contributed by atoms with van der Waals surface area (Å²) in [5.41, 5.74) is 2.59. The van der Waals surface area contributed by atoms with Crippen LogP contribution in [0.5, 0.6) is 0 Å². The number of likely N-dealkylation sites (tertiary alicyclic amines) is 1. The van der Waals surface area contributed by atoms with Gasteiger partial charge in [-0.15, -0.1) is 0 Å². The molecule has 0 amide bonds. The van der Waals surface area contributed by atoms with E-state index in [1.54, 1.807) is 12.1 Å². The van der Waals surface area contributed by atoms with E-state index < -0.39 is 16.9 Å². The molecule has 1 atom stereocenters. The summed E-state index contributed by atoms with van der Waals surface area (Å²) in [5.74, 6) is -0.495. The summed E-state index contributed by atoms with van der Waals surface area (Å²) >= 11 is 1.41. The topological polar surface area (TPSA) is 106 Å². The zero-order chi connectivity index (χ0) is 27.5. The van der Waals surface area contributed by atoms with Crippen molar-refractivity contribution in [1.29, 1.82) is 0 Å². The molecule has 0 aliphatic carbocycles. The Morgan fingerprint density at radius 2 is 1.92 bits per heavy atom. The lowest BCUT2D eigenvalue weighted by Gasteiger charge is -2.28. The van der Waals surface area contributed by atoms with Crippen LogP contribution in [0.25, 0.3) is 0 Å². The molecule has 0 saturated carbocycles. The first kappa shape index (κ1) is 28.8. The number of non-ortho nitro benzene ring substituents is 1. The minimum absolute atomic E-state index is 0.0538. The molecule has 0 aromatic heterocycles. The van der Waals surface area contributed by atoms with Crippen LogP contribution in [0.2, 0.25) is 0 Å². The number of aliphatic imine (C=N–C) groups is 1. The predicted octanol–water partition coefficient (Wildman–Crippen LogP) is 4.89. The van der Waals surface area contributed by atoms with E-state index in [4.69, 9.17) is 14.5 Å². The first-order chi connectivity index (χ1) is 19.0. The molecular formula is C29H36N4O5S. The van der Waals surface area contributed by atoms with Gasteiger partial charge in [0.15, 0.2) is 5.17 Å². The Morgan fingerprint density at radius 3 is 2.67 bits per heavy atom. The van der Waals surface area contributed by atoms with Gasteiger partial charge in [0, 0.05) is 18.7 Å². The van der Waals surface area contributed by atoms with E-state index in [-0.39, 0.29) is 18.9 Å². The third kappa shape index (κ3) is 8.39. The number of thioether (sulfide) groups is 1. The van der Waals surface area contributed by atoms with Gasteiger partial charge in [0.2, 0.25) is 0 Å². The highest BCUT2D eigenvalue weighted by atomic mass is 32.2. The van der Waals surface area contributed by atoms with Crippen LogP contribution in [0.1, 0.15) is 42.9 Å². The first-order valence-corrected chi connectivity index (χ1v) is 14.6. The molecule has 4 rings (SSSR count). The third-order valence-electron chi connectivity index (χ3n) is 6.85. The number of amidine groups is 1. The van der Waals surface area contributed by atoms with Gasteiger partial charge in [-0.05, 0) is 56.2 Å². The molecule has 1 saturated heterocycles. The average Bonchev–Trinajstić information content (AvgIpc) is 2.98. The molecule has 39 heavy (non-hydrogen) atoms. The number of esters is 1. The van der Waals surface area contributed by atoms with Crippen molar-refractivity contribution < 1.29 is 19.2 Å². The lowest BCUT2D eigenvalue weighted by molar-refractivity contribution is -0.384. The quantitative estimate of drug-likeness (QED) is 0.172. The number of nitro benzene ring substituents is 1. The molecule has 2 aromatic rings. The fraction of sp³-hybridized carbons (Fsp3) is 0.448. The molecular weight excluding hydrogens is 516 g/mol. The highest BCUT2D eigenvalue weighted by molar-refractivity contribution is 8.13. The Morgan fingerprint density at radius 1 is 1.13 bits per heavy atom. The monoisotopic (exact) mass is 552 g/mol. The van der Waals surface area contributed by atoms with Crippen molar-refractivity contribution >= 4 is 28.6 Å². The van der Waals surface area contributed by atoms with E-state index in [1.807, 2.05) is 36.6 Å². The maximum absolute atomic E-state index is 13.5. The summed E-state index contributed by atoms with van der Waals surface area (Å²) in [4.78, 5) is 31.6. The van der Waals surface area contributed by atoms with Gasteiger partial charge in [-0.25, -0.2) is 9.79 Å². The van der Waals surface area contributed by atoms with E-state index in [1.165, 1.54) is 48.7 Å². The molecule has 9 nitrogen and oxygen atoms in total. The lowest BCUT2D eigenvalue weighted by atomic mass is 9.96. The largest absolute Gasteiger partial charge is 0.462 e. The summed E-state index contributed by atoms with van der Waals surface area (Å²) in [5, 5.41) is 15.3. The fourth-order valence-corrected chi connectivity index (χ4v) is 5.23. The summed E-state index contributed by atoms with van der Waals surface area (Å²) in [6.07, 6.45) is 7.07. The molecule has 1 fully saturated rings. The predicted molar refractivity (Wildman–Crippen MR) is 154 cm³/mol. The van der Waals surface area contributed by atoms with Crippen LogP contribution < -0.4 is 5.32 Å². The lowest BCUT2D eigenvalue weighted by Crippen LogP contribution is -2.35. The van der Waals surface area contributed by atoms with Crippen molar-refractivity contribution in [3.8, 4) is 0 Å². The van der Waals surface area contributed by atoms with E-state index in [0.29, 0.717) is 35.0 Å². The summed E-state index contributed by atoms with van der Waals surface area (Å²) in [6, 6.07) is 15.6. The van der Waals surface area contributed by atoms with Crippen molar-refractivity contribution in [2.24, 2.45) is 4.99 Å². The van der Waals surface area contributed by atoms with Gasteiger partial charge >= 0.3 is 5.97 Å². The second-order valence-electron chi connectivity index (χ2n) is 9.59. The number of hydrogen-bond donors (Lipinski definition) is 1. The normalized spacial score (nSPS) is 17.9. The highest BCUT2D eigenvalue weighted by Gasteiger charge is 2.32. The van der Waals surface area contributed by atoms with Gasteiger partial charge in [0.25, 0.3) is 5.69 Å². The summed E-state index contributed by atoms with van der Waals surface area (Å²) in [6.45, 7) is 3.99. The van der Waals surface area contributed by atoms with Crippen molar-refractivity contribution in [2.45, 2.75) is 38.1 Å². The number of nitro groups is 1. The van der Waals surface area contributed by atoms with E-state index in [2.05, 4.69) is 10.2 Å². The second kappa shape index (κ2) is 14.8. The molecule has 208 valence electrons. The first-order valence-electron chi connectivity index (χ1n) is 13.4. The SMILES string of the molecule is CSC1=NC(c2cccc([N+](=O)[O-])c2)C(C(=O)OCCCc2ccccc2)=C(COCCN2CCCCC2)N1. The Kier molecular flexibility index (Phi) is 10.9. The second-order valence-corrected chi connectivity index (χ2v) is 10.4. The van der Waals surface area contributed by atoms with Gasteiger partial charge in [0.1, 0.15) is 6.04 Å². The van der Waals surface area contributed by atoms with E-state index in [0.717, 1.165) is 26.1 Å². The van der Waals surface area contributed by atoms with Crippen molar-refractivity contribution in [3.63, 3.8) is 0 Å². The van der Waals surface area contributed by atoms with Gasteiger partial charge in [-0.1, -0.05) is 60.6 Å². The number of hydrogen-bond acceptors (Lipinski definition) is 9.